The summed E-state index contributed by atoms with van der Waals surface area (Å²) in [7, 11) is 0. The Bertz CT molecular complexity index is 501. The number of carboxylic acid groups (broad SMARTS) is 3. The molecule has 0 aliphatic carbocycles. The second-order valence-corrected chi connectivity index (χ2v) is 5.60. The Morgan fingerprint density at radius 3 is 0.964 bits per heavy atom. The molecule has 0 saturated heterocycles. The van der Waals surface area contributed by atoms with Gasteiger partial charge in [0, 0.05) is 0 Å². The van der Waals surface area contributed by atoms with Crippen molar-refractivity contribution in [2.24, 2.45) is 5.92 Å². The maximum atomic E-state index is 11.5. The quantitative estimate of drug-likeness (QED) is 0.240. The average molecular weight is 406 g/mol. The van der Waals surface area contributed by atoms with Gasteiger partial charge in [0.1, 0.15) is 19.8 Å². The zero-order valence-electron chi connectivity index (χ0n) is 15.0. The lowest BCUT2D eigenvalue weighted by atomic mass is 10.2. The maximum absolute atomic E-state index is 11.5. The van der Waals surface area contributed by atoms with Gasteiger partial charge in [-0.2, -0.15) is 0 Å². The Hall–Kier alpha value is -3.18. The van der Waals surface area contributed by atoms with Gasteiger partial charge in [0.25, 0.3) is 0 Å². The van der Waals surface area contributed by atoms with Gasteiger partial charge in [-0.15, -0.1) is 0 Å². The third-order valence-electron chi connectivity index (χ3n) is 3.07. The predicted octanol–water partition coefficient (Wildman–Crippen LogP) is -0.173. The number of hydrogen-bond donors (Lipinski definition) is 3. The van der Waals surface area contributed by atoms with E-state index in [0.29, 0.717) is 0 Å². The van der Waals surface area contributed by atoms with Crippen molar-refractivity contribution in [3.63, 3.8) is 0 Å². The molecule has 0 amide bonds. The van der Waals surface area contributed by atoms with Gasteiger partial charge in [0.2, 0.25) is 0 Å². The van der Waals surface area contributed by atoms with E-state index in [2.05, 4.69) is 0 Å². The smallest absolute Gasteiger partial charge is 0.306 e. The first-order valence-electron chi connectivity index (χ1n) is 8.22. The van der Waals surface area contributed by atoms with Gasteiger partial charge in [-0.1, -0.05) is 0 Å². The molecule has 0 saturated carbocycles. The topological polar surface area (TPSA) is 191 Å². The van der Waals surface area contributed by atoms with Crippen LogP contribution >= 0.6 is 0 Å². The van der Waals surface area contributed by atoms with Crippen molar-refractivity contribution >= 4 is 35.8 Å². The van der Waals surface area contributed by atoms with E-state index in [4.69, 9.17) is 29.5 Å². The first-order chi connectivity index (χ1) is 13.1. The van der Waals surface area contributed by atoms with Gasteiger partial charge < -0.3 is 29.5 Å². The summed E-state index contributed by atoms with van der Waals surface area (Å²) in [5.74, 6) is -6.81. The number of carbonyl (C=O) groups is 6. The first-order valence-corrected chi connectivity index (χ1v) is 8.22. The van der Waals surface area contributed by atoms with Crippen LogP contribution in [0.15, 0.2) is 0 Å². The largest absolute Gasteiger partial charge is 0.481 e. The molecular weight excluding hydrogens is 384 g/mol. The fraction of sp³-hybridized carbons (Fsp3) is 0.625. The fourth-order valence-electron chi connectivity index (χ4n) is 1.62. The number of carbonyl (C=O) groups excluding carboxylic acids is 3. The van der Waals surface area contributed by atoms with Crippen molar-refractivity contribution in [1.82, 2.24) is 0 Å². The van der Waals surface area contributed by atoms with Crippen LogP contribution in [0.3, 0.4) is 0 Å². The zero-order valence-corrected chi connectivity index (χ0v) is 15.0. The van der Waals surface area contributed by atoms with E-state index >= 15 is 0 Å². The Kier molecular flexibility index (Phi) is 12.4. The highest BCUT2D eigenvalue weighted by Gasteiger charge is 2.18. The molecule has 3 N–H and O–H groups in total. The van der Waals surface area contributed by atoms with Crippen molar-refractivity contribution in [2.75, 3.05) is 19.8 Å². The van der Waals surface area contributed by atoms with E-state index < -0.39 is 61.0 Å². The minimum atomic E-state index is -1.19. The normalized spacial score (nSPS) is 10.2. The van der Waals surface area contributed by atoms with Crippen molar-refractivity contribution in [2.45, 2.75) is 38.5 Å². The molecule has 0 heterocycles. The van der Waals surface area contributed by atoms with Gasteiger partial charge in [-0.25, -0.2) is 0 Å². The molecule has 0 aromatic carbocycles. The van der Waals surface area contributed by atoms with Gasteiger partial charge in [-0.3, -0.25) is 28.8 Å². The molecule has 0 aliphatic heterocycles. The SMILES string of the molecule is O=C(O)CCC(=O)OCC(COC(=O)CCC(=O)O)COC(=O)CCC(=O)O. The highest BCUT2D eigenvalue weighted by molar-refractivity contribution is 5.77. The van der Waals surface area contributed by atoms with Crippen LogP contribution in [0.4, 0.5) is 0 Å². The summed E-state index contributed by atoms with van der Waals surface area (Å²) < 4.78 is 14.5. The van der Waals surface area contributed by atoms with E-state index in [1.54, 1.807) is 0 Å². The Balaban J connectivity index is 4.50. The number of ether oxygens (including phenoxy) is 3. The Labute approximate surface area is 159 Å². The minimum absolute atomic E-state index is 0.350. The van der Waals surface area contributed by atoms with E-state index in [-0.39, 0.29) is 39.1 Å². The van der Waals surface area contributed by atoms with Crippen LogP contribution in [0.5, 0.6) is 0 Å². The lowest BCUT2D eigenvalue weighted by molar-refractivity contribution is -0.156. The molecule has 158 valence electrons. The number of aliphatic carboxylic acids is 3. The molecule has 0 fully saturated rings. The minimum Gasteiger partial charge on any atom is -0.481 e. The summed E-state index contributed by atoms with van der Waals surface area (Å²) in [5.41, 5.74) is 0. The molecule has 0 bridgehead atoms. The molecule has 12 heteroatoms. The monoisotopic (exact) mass is 406 g/mol. The molecule has 0 unspecified atom stereocenters. The number of rotatable bonds is 15. The molecule has 0 atom stereocenters. The van der Waals surface area contributed by atoms with Gasteiger partial charge in [0.05, 0.1) is 44.4 Å². The molecule has 12 nitrogen and oxygen atoms in total. The zero-order chi connectivity index (χ0) is 21.5. The van der Waals surface area contributed by atoms with E-state index in [9.17, 15) is 28.8 Å². The van der Waals surface area contributed by atoms with Crippen LogP contribution in [0.25, 0.3) is 0 Å². The summed E-state index contributed by atoms with van der Waals surface area (Å²) in [6.07, 6.45) is -2.43. The molecule has 0 aromatic rings. The molecule has 0 aromatic heterocycles. The van der Waals surface area contributed by atoms with Crippen LogP contribution in [0.1, 0.15) is 38.5 Å². The van der Waals surface area contributed by atoms with Crippen LogP contribution in [-0.4, -0.2) is 71.0 Å². The summed E-state index contributed by atoms with van der Waals surface area (Å²) >= 11 is 0. The van der Waals surface area contributed by atoms with E-state index in [0.717, 1.165) is 0 Å². The van der Waals surface area contributed by atoms with Crippen molar-refractivity contribution < 1.29 is 58.3 Å². The van der Waals surface area contributed by atoms with E-state index in [1.165, 1.54) is 0 Å². The average Bonchev–Trinajstić information content (AvgIpc) is 2.62. The molecular formula is C16H22O12. The predicted molar refractivity (Wildman–Crippen MR) is 87.0 cm³/mol. The molecule has 0 aliphatic rings. The Morgan fingerprint density at radius 1 is 0.500 bits per heavy atom. The highest BCUT2D eigenvalue weighted by atomic mass is 16.6. The molecule has 0 spiro atoms. The lowest BCUT2D eigenvalue weighted by Crippen LogP contribution is -2.26. The lowest BCUT2D eigenvalue weighted by Gasteiger charge is -2.17. The molecule has 0 rings (SSSR count). The first kappa shape index (κ1) is 24.8. The van der Waals surface area contributed by atoms with Gasteiger partial charge in [-0.05, 0) is 0 Å². The Morgan fingerprint density at radius 2 is 0.750 bits per heavy atom. The maximum Gasteiger partial charge on any atom is 0.306 e. The van der Waals surface area contributed by atoms with Crippen molar-refractivity contribution in [3.8, 4) is 0 Å². The van der Waals surface area contributed by atoms with Crippen LogP contribution in [0.2, 0.25) is 0 Å². The van der Waals surface area contributed by atoms with Crippen LogP contribution in [-0.2, 0) is 43.0 Å². The highest BCUT2D eigenvalue weighted by Crippen LogP contribution is 2.06. The van der Waals surface area contributed by atoms with Crippen LogP contribution < -0.4 is 0 Å². The standard InChI is InChI=1S/C16H22O12/c17-11(18)1-4-14(23)26-7-10(8-27-15(24)5-2-12(19)20)9-28-16(25)6-3-13(21)22/h10H,1-9H2,(H,17,18)(H,19,20)(H,21,22). The van der Waals surface area contributed by atoms with Crippen LogP contribution in [0, 0.1) is 5.92 Å². The van der Waals surface area contributed by atoms with Gasteiger partial charge in [0.15, 0.2) is 0 Å². The number of hydrogen-bond acceptors (Lipinski definition) is 9. The van der Waals surface area contributed by atoms with Crippen molar-refractivity contribution in [1.29, 1.82) is 0 Å². The third-order valence-corrected chi connectivity index (χ3v) is 3.07. The second-order valence-electron chi connectivity index (χ2n) is 5.60. The third kappa shape index (κ3) is 15.1. The summed E-state index contributed by atoms with van der Waals surface area (Å²) in [4.78, 5) is 65.6. The number of carboxylic acids is 3. The summed E-state index contributed by atoms with van der Waals surface area (Å²) in [6, 6.07) is 0. The molecule has 28 heavy (non-hydrogen) atoms. The van der Waals surface area contributed by atoms with E-state index in [1.807, 2.05) is 0 Å². The summed E-state index contributed by atoms with van der Waals surface area (Å²) in [6.45, 7) is -1.05. The molecule has 0 radical (unpaired) electrons. The number of esters is 3. The van der Waals surface area contributed by atoms with Gasteiger partial charge >= 0.3 is 35.8 Å². The van der Waals surface area contributed by atoms with Crippen molar-refractivity contribution in [3.05, 3.63) is 0 Å². The summed E-state index contributed by atoms with van der Waals surface area (Å²) in [5, 5.41) is 25.5. The fourth-order valence-corrected chi connectivity index (χ4v) is 1.62. The second kappa shape index (κ2) is 13.9.